The zero-order valence-corrected chi connectivity index (χ0v) is 15.7. The predicted molar refractivity (Wildman–Crippen MR) is 104 cm³/mol. The quantitative estimate of drug-likeness (QED) is 0.822. The smallest absolute Gasteiger partial charge is 0.332 e. The molecule has 1 aliphatic rings. The summed E-state index contributed by atoms with van der Waals surface area (Å²) >= 11 is 0. The fourth-order valence-electron chi connectivity index (χ4n) is 3.42. The molecule has 0 aliphatic carbocycles. The van der Waals surface area contributed by atoms with Crippen molar-refractivity contribution in [2.75, 3.05) is 24.6 Å². The fraction of sp³-hybridized carbons (Fsp3) is 0.350. The summed E-state index contributed by atoms with van der Waals surface area (Å²) in [5, 5.41) is 9.46. The monoisotopic (exact) mass is 366 g/mol. The lowest BCUT2D eigenvalue weighted by Crippen LogP contribution is -2.43. The van der Waals surface area contributed by atoms with Crippen molar-refractivity contribution in [1.82, 2.24) is 9.13 Å². The highest BCUT2D eigenvalue weighted by Crippen LogP contribution is 2.31. The van der Waals surface area contributed by atoms with Gasteiger partial charge in [-0.25, -0.2) is 4.79 Å². The summed E-state index contributed by atoms with van der Waals surface area (Å²) < 4.78 is 8.05. The van der Waals surface area contributed by atoms with Gasteiger partial charge in [-0.05, 0) is 25.0 Å². The molecule has 7 heteroatoms. The fourth-order valence-corrected chi connectivity index (χ4v) is 3.42. The normalized spacial score (nSPS) is 13.9. The van der Waals surface area contributed by atoms with Gasteiger partial charge in [-0.2, -0.15) is 5.26 Å². The molecule has 0 unspecified atom stereocenters. The second-order valence-electron chi connectivity index (χ2n) is 6.37. The lowest BCUT2D eigenvalue weighted by molar-refractivity contribution is 0.339. The third-order valence-electron chi connectivity index (χ3n) is 4.79. The zero-order valence-electron chi connectivity index (χ0n) is 15.7. The van der Waals surface area contributed by atoms with Gasteiger partial charge in [-0.15, -0.1) is 0 Å². The minimum Gasteiger partial charge on any atom is -0.493 e. The molecule has 27 heavy (non-hydrogen) atoms. The minimum atomic E-state index is -0.563. The van der Waals surface area contributed by atoms with Crippen molar-refractivity contribution < 1.29 is 4.74 Å². The number of rotatable bonds is 4. The van der Waals surface area contributed by atoms with Crippen molar-refractivity contribution in [1.29, 1.82) is 5.26 Å². The summed E-state index contributed by atoms with van der Waals surface area (Å²) in [6.07, 6.45) is 2.78. The average molecular weight is 366 g/mol. The second-order valence-corrected chi connectivity index (χ2v) is 6.37. The van der Waals surface area contributed by atoms with Crippen molar-refractivity contribution in [3.63, 3.8) is 0 Å². The molecular formula is C20H22N4O3. The molecule has 0 N–H and O–H groups in total. The van der Waals surface area contributed by atoms with Gasteiger partial charge in [-0.3, -0.25) is 13.9 Å². The van der Waals surface area contributed by atoms with Crippen LogP contribution in [-0.4, -0.2) is 28.8 Å². The van der Waals surface area contributed by atoms with Gasteiger partial charge in [0.1, 0.15) is 17.6 Å². The second kappa shape index (κ2) is 7.54. The molecule has 1 aromatic carbocycles. The Morgan fingerprint density at radius 1 is 1.19 bits per heavy atom. The van der Waals surface area contributed by atoms with E-state index in [0.29, 0.717) is 25.5 Å². The summed E-state index contributed by atoms with van der Waals surface area (Å²) in [7, 11) is 2.97. The van der Waals surface area contributed by atoms with Crippen molar-refractivity contribution in [2.45, 2.75) is 13.3 Å². The van der Waals surface area contributed by atoms with Crippen LogP contribution in [0.2, 0.25) is 0 Å². The van der Waals surface area contributed by atoms with Gasteiger partial charge >= 0.3 is 5.69 Å². The Balaban J connectivity index is 1.99. The molecule has 2 aromatic rings. The van der Waals surface area contributed by atoms with Gasteiger partial charge < -0.3 is 9.64 Å². The van der Waals surface area contributed by atoms with Crippen LogP contribution in [0.1, 0.15) is 24.5 Å². The molecule has 3 rings (SSSR count). The number of nitriles is 1. The number of nitrogens with zero attached hydrogens (tertiary/aromatic N) is 4. The molecule has 0 spiro atoms. The van der Waals surface area contributed by atoms with Crippen LogP contribution < -0.4 is 20.9 Å². The van der Waals surface area contributed by atoms with Gasteiger partial charge in [0.15, 0.2) is 5.56 Å². The number of hydrogen-bond acceptors (Lipinski definition) is 5. The van der Waals surface area contributed by atoms with E-state index in [1.165, 1.54) is 11.6 Å². The molecule has 2 heterocycles. The standard InChI is InChI=1S/C20H22N4O3/c1-4-27-17-8-6-5-7-15(17)14-9-11-24(12-10-14)18-16(13-21)19(25)23(3)20(26)22(18)2/h5-9H,4,10-12H2,1-3H3. The Labute approximate surface area is 157 Å². The Hall–Kier alpha value is -3.27. The largest absolute Gasteiger partial charge is 0.493 e. The molecule has 0 amide bonds. The maximum absolute atomic E-state index is 12.3. The lowest BCUT2D eigenvalue weighted by atomic mass is 9.98. The third-order valence-corrected chi connectivity index (χ3v) is 4.79. The highest BCUT2D eigenvalue weighted by atomic mass is 16.5. The lowest BCUT2D eigenvalue weighted by Gasteiger charge is -2.30. The maximum Gasteiger partial charge on any atom is 0.332 e. The molecule has 7 nitrogen and oxygen atoms in total. The van der Waals surface area contributed by atoms with E-state index in [0.717, 1.165) is 27.9 Å². The topological polar surface area (TPSA) is 80.3 Å². The molecule has 1 aromatic heterocycles. The van der Waals surface area contributed by atoms with E-state index in [1.807, 2.05) is 42.2 Å². The van der Waals surface area contributed by atoms with E-state index < -0.39 is 11.2 Å². The first-order valence-electron chi connectivity index (χ1n) is 8.85. The van der Waals surface area contributed by atoms with Crippen LogP contribution in [0.4, 0.5) is 5.82 Å². The number of ether oxygens (including phenoxy) is 1. The number of aromatic nitrogens is 2. The van der Waals surface area contributed by atoms with E-state index in [-0.39, 0.29) is 5.56 Å². The van der Waals surface area contributed by atoms with Gasteiger partial charge in [0.25, 0.3) is 5.56 Å². The predicted octanol–water partition coefficient (Wildman–Crippen LogP) is 1.65. The van der Waals surface area contributed by atoms with E-state index in [4.69, 9.17) is 4.74 Å². The van der Waals surface area contributed by atoms with Crippen LogP contribution >= 0.6 is 0 Å². The van der Waals surface area contributed by atoms with Crippen LogP contribution in [0.25, 0.3) is 5.57 Å². The molecule has 0 radical (unpaired) electrons. The molecule has 1 aliphatic heterocycles. The Morgan fingerprint density at radius 2 is 1.93 bits per heavy atom. The van der Waals surface area contributed by atoms with Crippen LogP contribution in [0.3, 0.4) is 0 Å². The Kier molecular flexibility index (Phi) is 5.17. The molecular weight excluding hydrogens is 344 g/mol. The number of para-hydroxylation sites is 1. The van der Waals surface area contributed by atoms with Crippen molar-refractivity contribution in [3.8, 4) is 11.8 Å². The van der Waals surface area contributed by atoms with Crippen LogP contribution in [0.15, 0.2) is 39.9 Å². The number of benzene rings is 1. The average Bonchev–Trinajstić information content (AvgIpc) is 2.70. The summed E-state index contributed by atoms with van der Waals surface area (Å²) in [5.74, 6) is 1.22. The SMILES string of the molecule is CCOc1ccccc1C1=CCN(c2c(C#N)c(=O)n(C)c(=O)n2C)CC1. The molecule has 0 fully saturated rings. The van der Waals surface area contributed by atoms with E-state index >= 15 is 0 Å². The highest BCUT2D eigenvalue weighted by Gasteiger charge is 2.23. The molecule has 0 saturated carbocycles. The molecule has 0 bridgehead atoms. The first kappa shape index (κ1) is 18.5. The summed E-state index contributed by atoms with van der Waals surface area (Å²) in [6, 6.07) is 9.86. The first-order chi connectivity index (χ1) is 13.0. The van der Waals surface area contributed by atoms with Gasteiger partial charge in [0, 0.05) is 32.7 Å². The number of anilines is 1. The Morgan fingerprint density at radius 3 is 2.56 bits per heavy atom. The zero-order chi connectivity index (χ0) is 19.6. The van der Waals surface area contributed by atoms with E-state index in [2.05, 4.69) is 6.08 Å². The maximum atomic E-state index is 12.3. The van der Waals surface area contributed by atoms with Gasteiger partial charge in [0.05, 0.1) is 6.61 Å². The van der Waals surface area contributed by atoms with E-state index in [9.17, 15) is 14.9 Å². The van der Waals surface area contributed by atoms with E-state index in [1.54, 1.807) is 7.05 Å². The van der Waals surface area contributed by atoms with Crippen molar-refractivity contribution in [2.24, 2.45) is 14.1 Å². The van der Waals surface area contributed by atoms with Gasteiger partial charge in [-0.1, -0.05) is 24.3 Å². The van der Waals surface area contributed by atoms with Crippen molar-refractivity contribution >= 4 is 11.4 Å². The number of hydrogen-bond donors (Lipinski definition) is 0. The first-order valence-corrected chi connectivity index (χ1v) is 8.85. The molecule has 140 valence electrons. The highest BCUT2D eigenvalue weighted by molar-refractivity contribution is 5.73. The van der Waals surface area contributed by atoms with Crippen LogP contribution in [-0.2, 0) is 14.1 Å². The van der Waals surface area contributed by atoms with Crippen molar-refractivity contribution in [3.05, 3.63) is 62.3 Å². The van der Waals surface area contributed by atoms with Crippen LogP contribution in [0.5, 0.6) is 5.75 Å². The summed E-state index contributed by atoms with van der Waals surface area (Å²) in [4.78, 5) is 26.5. The molecule has 0 atom stereocenters. The van der Waals surface area contributed by atoms with Crippen LogP contribution in [0, 0.1) is 11.3 Å². The summed E-state index contributed by atoms with van der Waals surface area (Å²) in [5.41, 5.74) is 1.20. The summed E-state index contributed by atoms with van der Waals surface area (Å²) in [6.45, 7) is 3.65. The van der Waals surface area contributed by atoms with Gasteiger partial charge in [0.2, 0.25) is 0 Å². The Bertz CT molecular complexity index is 1060. The third kappa shape index (κ3) is 3.26. The minimum absolute atomic E-state index is 0.00818. The molecule has 0 saturated heterocycles.